The fourth-order valence-electron chi connectivity index (χ4n) is 2.35. The van der Waals surface area contributed by atoms with E-state index in [9.17, 15) is 18.0 Å². The van der Waals surface area contributed by atoms with Gasteiger partial charge in [0, 0.05) is 18.1 Å². The lowest BCUT2D eigenvalue weighted by Gasteiger charge is -2.04. The average molecular weight is 364 g/mol. The van der Waals surface area contributed by atoms with Crippen LogP contribution in [0.25, 0.3) is 10.2 Å². The van der Waals surface area contributed by atoms with E-state index in [2.05, 4.69) is 10.4 Å². The number of hydrogen-bond acceptors (Lipinski definition) is 4. The summed E-state index contributed by atoms with van der Waals surface area (Å²) in [5.41, 5.74) is 0.308. The van der Waals surface area contributed by atoms with Crippen molar-refractivity contribution in [2.45, 2.75) is 12.6 Å². The van der Waals surface area contributed by atoms with Crippen LogP contribution in [0.1, 0.15) is 20.9 Å². The molecule has 1 aromatic carbocycles. The van der Waals surface area contributed by atoms with Crippen LogP contribution in [0.5, 0.6) is 0 Å². The standard InChI is InChI=1S/C16H11F3N4OS/c1-23-15-11(13(22-23)16(17,18)19)8-12(25-15)14(24)21-10-4-2-9(3-5-10)6-7-20/h2-5,8H,6H2,1H3,(H,21,24). The number of halogens is 3. The topological polar surface area (TPSA) is 70.7 Å². The molecule has 0 bridgehead atoms. The maximum atomic E-state index is 13.0. The SMILES string of the molecule is Cn1nc(C(F)(F)F)c2cc(C(=O)Nc3ccc(CC#N)cc3)sc21. The molecule has 128 valence electrons. The molecule has 0 radical (unpaired) electrons. The molecular weight excluding hydrogens is 353 g/mol. The summed E-state index contributed by atoms with van der Waals surface area (Å²) in [6.07, 6.45) is -4.32. The maximum absolute atomic E-state index is 13.0. The highest BCUT2D eigenvalue weighted by atomic mass is 32.1. The third kappa shape index (κ3) is 3.34. The number of amides is 1. The van der Waals surface area contributed by atoms with Crippen molar-refractivity contribution < 1.29 is 18.0 Å². The van der Waals surface area contributed by atoms with Gasteiger partial charge in [0.05, 0.1) is 17.4 Å². The van der Waals surface area contributed by atoms with Gasteiger partial charge in [-0.15, -0.1) is 11.3 Å². The van der Waals surface area contributed by atoms with Gasteiger partial charge >= 0.3 is 6.18 Å². The molecule has 0 unspecified atom stereocenters. The Morgan fingerprint density at radius 2 is 2.04 bits per heavy atom. The monoisotopic (exact) mass is 364 g/mol. The Balaban J connectivity index is 1.86. The predicted molar refractivity (Wildman–Crippen MR) is 87.3 cm³/mol. The Morgan fingerprint density at radius 3 is 2.64 bits per heavy atom. The van der Waals surface area contributed by atoms with E-state index in [1.165, 1.54) is 13.1 Å². The fourth-order valence-corrected chi connectivity index (χ4v) is 3.32. The third-order valence-corrected chi connectivity index (χ3v) is 4.70. The molecule has 0 saturated carbocycles. The summed E-state index contributed by atoms with van der Waals surface area (Å²) in [7, 11) is 1.41. The summed E-state index contributed by atoms with van der Waals surface area (Å²) in [4.78, 5) is 12.7. The van der Waals surface area contributed by atoms with E-state index in [-0.39, 0.29) is 21.5 Å². The van der Waals surface area contributed by atoms with E-state index in [0.29, 0.717) is 5.69 Å². The zero-order valence-electron chi connectivity index (χ0n) is 12.9. The Kier molecular flexibility index (Phi) is 4.22. The second kappa shape index (κ2) is 6.22. The number of alkyl halides is 3. The van der Waals surface area contributed by atoms with Gasteiger partial charge in [-0.1, -0.05) is 12.1 Å². The van der Waals surface area contributed by atoms with E-state index < -0.39 is 17.8 Å². The molecule has 0 saturated heterocycles. The second-order valence-electron chi connectivity index (χ2n) is 5.29. The van der Waals surface area contributed by atoms with Gasteiger partial charge in [-0.2, -0.15) is 23.5 Å². The molecule has 5 nitrogen and oxygen atoms in total. The number of nitriles is 1. The van der Waals surface area contributed by atoms with Crippen molar-refractivity contribution in [3.8, 4) is 6.07 Å². The van der Waals surface area contributed by atoms with Crippen molar-refractivity contribution in [1.82, 2.24) is 9.78 Å². The van der Waals surface area contributed by atoms with Gasteiger partial charge in [0.1, 0.15) is 4.83 Å². The van der Waals surface area contributed by atoms with Crippen LogP contribution in [-0.2, 0) is 19.6 Å². The van der Waals surface area contributed by atoms with Crippen LogP contribution in [0.2, 0.25) is 0 Å². The molecule has 25 heavy (non-hydrogen) atoms. The van der Waals surface area contributed by atoms with Crippen LogP contribution in [0.15, 0.2) is 30.3 Å². The van der Waals surface area contributed by atoms with E-state index in [1.807, 2.05) is 6.07 Å². The molecule has 1 amide bonds. The number of benzene rings is 1. The van der Waals surface area contributed by atoms with Gasteiger partial charge in [0.15, 0.2) is 5.69 Å². The second-order valence-corrected chi connectivity index (χ2v) is 6.32. The minimum Gasteiger partial charge on any atom is -0.321 e. The van der Waals surface area contributed by atoms with Crippen LogP contribution in [0.4, 0.5) is 18.9 Å². The molecule has 0 atom stereocenters. The lowest BCUT2D eigenvalue weighted by molar-refractivity contribution is -0.140. The summed E-state index contributed by atoms with van der Waals surface area (Å²) in [6.45, 7) is 0. The van der Waals surface area contributed by atoms with Gasteiger partial charge in [-0.25, -0.2) is 0 Å². The molecule has 3 aromatic rings. The normalized spacial score (nSPS) is 11.5. The highest BCUT2D eigenvalue weighted by molar-refractivity contribution is 7.20. The van der Waals surface area contributed by atoms with Crippen molar-refractivity contribution in [2.75, 3.05) is 5.32 Å². The third-order valence-electron chi connectivity index (χ3n) is 3.50. The number of carbonyl (C=O) groups excluding carboxylic acids is 1. The van der Waals surface area contributed by atoms with Crippen LogP contribution in [-0.4, -0.2) is 15.7 Å². The minimum atomic E-state index is -4.58. The number of thiophene rings is 1. The zero-order valence-corrected chi connectivity index (χ0v) is 13.7. The van der Waals surface area contributed by atoms with Crippen molar-refractivity contribution in [3.63, 3.8) is 0 Å². The van der Waals surface area contributed by atoms with Gasteiger partial charge in [-0.05, 0) is 23.8 Å². The van der Waals surface area contributed by atoms with Crippen LogP contribution in [0.3, 0.4) is 0 Å². The summed E-state index contributed by atoms with van der Waals surface area (Å²) >= 11 is 0.945. The molecule has 0 aliphatic rings. The molecule has 0 aliphatic carbocycles. The summed E-state index contributed by atoms with van der Waals surface area (Å²) in [5, 5.41) is 14.7. The zero-order chi connectivity index (χ0) is 18.2. The Bertz CT molecular complexity index is 980. The number of aromatic nitrogens is 2. The molecule has 0 aliphatic heterocycles. The number of fused-ring (bicyclic) bond motifs is 1. The van der Waals surface area contributed by atoms with Crippen molar-refractivity contribution in [3.05, 3.63) is 46.5 Å². The summed E-state index contributed by atoms with van der Waals surface area (Å²) in [6, 6.07) is 9.91. The number of hydrogen-bond donors (Lipinski definition) is 1. The van der Waals surface area contributed by atoms with Gasteiger partial charge in [0.2, 0.25) is 0 Å². The van der Waals surface area contributed by atoms with E-state index in [1.54, 1.807) is 24.3 Å². The molecule has 9 heteroatoms. The van der Waals surface area contributed by atoms with Crippen molar-refractivity contribution in [2.24, 2.45) is 7.05 Å². The maximum Gasteiger partial charge on any atom is 0.435 e. The number of nitrogens with zero attached hydrogens (tertiary/aromatic N) is 3. The fraction of sp³-hybridized carbons (Fsp3) is 0.188. The number of nitrogens with one attached hydrogen (secondary N) is 1. The number of anilines is 1. The van der Waals surface area contributed by atoms with Crippen molar-refractivity contribution in [1.29, 1.82) is 5.26 Å². The predicted octanol–water partition coefficient (Wildman–Crippen LogP) is 3.97. The van der Waals surface area contributed by atoms with E-state index in [0.717, 1.165) is 21.6 Å². The molecular formula is C16H11F3N4OS. The largest absolute Gasteiger partial charge is 0.435 e. The van der Waals surface area contributed by atoms with E-state index >= 15 is 0 Å². The highest BCUT2D eigenvalue weighted by Crippen LogP contribution is 2.37. The molecule has 0 spiro atoms. The van der Waals surface area contributed by atoms with Gasteiger partial charge < -0.3 is 5.32 Å². The van der Waals surface area contributed by atoms with Crippen LogP contribution < -0.4 is 5.32 Å². The minimum absolute atomic E-state index is 0.0884. The number of carbonyl (C=O) groups is 1. The molecule has 2 heterocycles. The van der Waals surface area contributed by atoms with Crippen LogP contribution in [0, 0.1) is 11.3 Å². The molecule has 3 rings (SSSR count). The molecule has 0 fully saturated rings. The molecule has 2 aromatic heterocycles. The first-order chi connectivity index (χ1) is 11.8. The lowest BCUT2D eigenvalue weighted by Crippen LogP contribution is -2.10. The first-order valence-corrected chi connectivity index (χ1v) is 7.92. The first-order valence-electron chi connectivity index (χ1n) is 7.10. The first kappa shape index (κ1) is 17.0. The average Bonchev–Trinajstić information content (AvgIpc) is 3.10. The quantitative estimate of drug-likeness (QED) is 0.764. The van der Waals surface area contributed by atoms with Crippen molar-refractivity contribution >= 4 is 33.1 Å². The number of rotatable bonds is 3. The molecule has 1 N–H and O–H groups in total. The summed E-state index contributed by atoms with van der Waals surface area (Å²) < 4.78 is 40.1. The Labute approximate surface area is 144 Å². The lowest BCUT2D eigenvalue weighted by atomic mass is 10.1. The smallest absolute Gasteiger partial charge is 0.321 e. The Hall–Kier alpha value is -2.86. The number of aryl methyl sites for hydroxylation is 1. The summed E-state index contributed by atoms with van der Waals surface area (Å²) in [5.74, 6) is -0.498. The van der Waals surface area contributed by atoms with Gasteiger partial charge in [-0.3, -0.25) is 9.48 Å². The van der Waals surface area contributed by atoms with Gasteiger partial charge in [0.25, 0.3) is 5.91 Å². The van der Waals surface area contributed by atoms with E-state index in [4.69, 9.17) is 5.26 Å². The van der Waals surface area contributed by atoms with Crippen LogP contribution >= 0.6 is 11.3 Å². The highest BCUT2D eigenvalue weighted by Gasteiger charge is 2.37. The Morgan fingerprint density at radius 1 is 1.36 bits per heavy atom.